The maximum absolute atomic E-state index is 12.3. The van der Waals surface area contributed by atoms with Gasteiger partial charge in [0, 0.05) is 36.6 Å². The molecule has 0 aliphatic heterocycles. The van der Waals surface area contributed by atoms with Crippen molar-refractivity contribution in [2.75, 3.05) is 18.4 Å². The average Bonchev–Trinajstić information content (AvgIpc) is 3.31. The highest BCUT2D eigenvalue weighted by atomic mass is 32.2. The molecule has 4 aromatic rings. The molecule has 8 nitrogen and oxygen atoms in total. The first-order valence-electron chi connectivity index (χ1n) is 11.8. The highest BCUT2D eigenvalue weighted by Crippen LogP contribution is 2.34. The lowest BCUT2D eigenvalue weighted by Crippen LogP contribution is -2.26. The summed E-state index contributed by atoms with van der Waals surface area (Å²) < 4.78 is 29.2. The van der Waals surface area contributed by atoms with Crippen LogP contribution >= 0.6 is 0 Å². The monoisotopic (exact) mass is 505 g/mol. The van der Waals surface area contributed by atoms with E-state index >= 15 is 0 Å². The van der Waals surface area contributed by atoms with E-state index in [2.05, 4.69) is 35.8 Å². The summed E-state index contributed by atoms with van der Waals surface area (Å²) in [5.74, 6) is 0.868. The van der Waals surface area contributed by atoms with E-state index in [1.54, 1.807) is 54.7 Å². The molecular weight excluding hydrogens is 474 g/mol. The first-order chi connectivity index (χ1) is 17.1. The summed E-state index contributed by atoms with van der Waals surface area (Å²) in [4.78, 5) is 4.67. The molecule has 0 fully saturated rings. The summed E-state index contributed by atoms with van der Waals surface area (Å²) in [5, 5.41) is 18.1. The maximum atomic E-state index is 12.3. The highest BCUT2D eigenvalue weighted by Gasteiger charge is 2.20. The number of benzene rings is 2. The maximum Gasteiger partial charge on any atom is 0.240 e. The normalized spacial score (nSPS) is 12.0. The number of nitrogens with zero attached hydrogens (tertiary/aromatic N) is 3. The third-order valence-corrected chi connectivity index (χ3v) is 7.07. The number of sulfonamides is 1. The second-order valence-corrected chi connectivity index (χ2v) is 11.2. The molecule has 0 bridgehead atoms. The van der Waals surface area contributed by atoms with Crippen LogP contribution in [0, 0.1) is 0 Å². The molecule has 2 aromatic heterocycles. The van der Waals surface area contributed by atoms with Crippen molar-refractivity contribution in [3.8, 4) is 28.1 Å². The number of aromatic hydroxyl groups is 1. The van der Waals surface area contributed by atoms with Crippen LogP contribution in [-0.4, -0.2) is 41.4 Å². The second kappa shape index (κ2) is 10.5. The van der Waals surface area contributed by atoms with E-state index in [-0.39, 0.29) is 16.2 Å². The Kier molecular flexibility index (Phi) is 7.42. The Labute approximate surface area is 212 Å². The highest BCUT2D eigenvalue weighted by molar-refractivity contribution is 7.89. The molecule has 0 aliphatic carbocycles. The molecule has 36 heavy (non-hydrogen) atoms. The van der Waals surface area contributed by atoms with Crippen LogP contribution in [0.5, 0.6) is 5.75 Å². The first-order valence-corrected chi connectivity index (χ1v) is 13.3. The lowest BCUT2D eigenvalue weighted by Gasteiger charge is -2.18. The minimum absolute atomic E-state index is 0.184. The zero-order valence-electron chi connectivity index (χ0n) is 20.6. The third kappa shape index (κ3) is 6.10. The van der Waals surface area contributed by atoms with Crippen LogP contribution in [0.15, 0.2) is 84.0 Å². The molecule has 2 heterocycles. The van der Waals surface area contributed by atoms with E-state index in [0.29, 0.717) is 25.3 Å². The predicted octanol–water partition coefficient (Wildman–Crippen LogP) is 4.85. The summed E-state index contributed by atoms with van der Waals surface area (Å²) >= 11 is 0. The van der Waals surface area contributed by atoms with E-state index < -0.39 is 10.0 Å². The molecule has 4 rings (SSSR count). The molecule has 0 amide bonds. The van der Waals surface area contributed by atoms with E-state index in [4.69, 9.17) is 5.10 Å². The van der Waals surface area contributed by atoms with Gasteiger partial charge in [-0.05, 0) is 69.2 Å². The van der Waals surface area contributed by atoms with Gasteiger partial charge in [-0.1, -0.05) is 30.3 Å². The lowest BCUT2D eigenvalue weighted by atomic mass is 10.0. The third-order valence-electron chi connectivity index (χ3n) is 5.60. The summed E-state index contributed by atoms with van der Waals surface area (Å²) in [6.07, 6.45) is 4.34. The number of phenolic OH excluding ortho intramolecular Hbond substituents is 1. The van der Waals surface area contributed by atoms with Gasteiger partial charge >= 0.3 is 0 Å². The van der Waals surface area contributed by atoms with Gasteiger partial charge in [0.1, 0.15) is 17.3 Å². The van der Waals surface area contributed by atoms with Gasteiger partial charge in [-0.2, -0.15) is 5.10 Å². The molecular formula is C27H31N5O3S. The zero-order chi connectivity index (χ0) is 25.8. The lowest BCUT2D eigenvalue weighted by molar-refractivity contribution is 0.356. The molecule has 9 heteroatoms. The molecule has 2 aromatic carbocycles. The average molecular weight is 506 g/mol. The Balaban J connectivity index is 1.47. The van der Waals surface area contributed by atoms with Crippen LogP contribution < -0.4 is 10.0 Å². The van der Waals surface area contributed by atoms with Crippen molar-refractivity contribution in [2.24, 2.45) is 0 Å². The standard InChI is InChI=1S/C27H31N5O3S/c1-27(2,3)32-19-24(26(31-32)21-9-7-10-22(33)17-21)20-13-16-29-25(18-20)28-14-8-15-30-36(34,35)23-11-5-4-6-12-23/h4-7,9-13,16-19,30,33H,8,14-15H2,1-3H3,(H,28,29). The molecule has 3 N–H and O–H groups in total. The number of rotatable bonds is 9. The minimum atomic E-state index is -3.51. The summed E-state index contributed by atoms with van der Waals surface area (Å²) in [6, 6.07) is 19.3. The number of nitrogens with one attached hydrogen (secondary N) is 2. The van der Waals surface area contributed by atoms with Gasteiger partial charge in [0.05, 0.1) is 10.4 Å². The van der Waals surface area contributed by atoms with Crippen molar-refractivity contribution < 1.29 is 13.5 Å². The quantitative estimate of drug-likeness (QED) is 0.281. The molecule has 0 saturated carbocycles. The molecule has 0 radical (unpaired) electrons. The summed E-state index contributed by atoms with van der Waals surface area (Å²) in [5.41, 5.74) is 3.24. The van der Waals surface area contributed by atoms with E-state index in [0.717, 1.165) is 22.4 Å². The van der Waals surface area contributed by atoms with Crippen LogP contribution in [0.1, 0.15) is 27.2 Å². The number of hydrogen-bond acceptors (Lipinski definition) is 6. The number of phenols is 1. The van der Waals surface area contributed by atoms with Crippen molar-refractivity contribution in [2.45, 2.75) is 37.6 Å². The van der Waals surface area contributed by atoms with Crippen molar-refractivity contribution in [1.29, 1.82) is 0 Å². The molecule has 0 saturated heterocycles. The Morgan fingerprint density at radius 2 is 1.72 bits per heavy atom. The molecule has 0 aliphatic rings. The number of anilines is 1. The number of pyridine rings is 1. The Bertz CT molecular complexity index is 1430. The van der Waals surface area contributed by atoms with Gasteiger partial charge in [-0.3, -0.25) is 4.68 Å². The zero-order valence-corrected chi connectivity index (χ0v) is 21.5. The second-order valence-electron chi connectivity index (χ2n) is 9.48. The predicted molar refractivity (Wildman–Crippen MR) is 142 cm³/mol. The van der Waals surface area contributed by atoms with Gasteiger partial charge in [-0.15, -0.1) is 0 Å². The fraction of sp³-hybridized carbons (Fsp3) is 0.259. The summed E-state index contributed by atoms with van der Waals surface area (Å²) in [7, 11) is -3.51. The van der Waals surface area contributed by atoms with E-state index in [9.17, 15) is 13.5 Å². The van der Waals surface area contributed by atoms with Crippen LogP contribution in [-0.2, 0) is 15.6 Å². The topological polar surface area (TPSA) is 109 Å². The van der Waals surface area contributed by atoms with Crippen LogP contribution in [0.4, 0.5) is 5.82 Å². The van der Waals surface area contributed by atoms with Crippen LogP contribution in [0.2, 0.25) is 0 Å². The van der Waals surface area contributed by atoms with Gasteiger partial charge in [0.2, 0.25) is 10.0 Å². The number of hydrogen-bond donors (Lipinski definition) is 3. The minimum Gasteiger partial charge on any atom is -0.508 e. The largest absolute Gasteiger partial charge is 0.508 e. The molecule has 0 unspecified atom stereocenters. The Hall–Kier alpha value is -3.69. The Morgan fingerprint density at radius 3 is 2.44 bits per heavy atom. The van der Waals surface area contributed by atoms with Crippen molar-refractivity contribution in [3.05, 3.63) is 79.1 Å². The first kappa shape index (κ1) is 25.4. The van der Waals surface area contributed by atoms with Crippen LogP contribution in [0.25, 0.3) is 22.4 Å². The SMILES string of the molecule is CC(C)(C)n1cc(-c2ccnc(NCCCNS(=O)(=O)c3ccccc3)c2)c(-c2cccc(O)c2)n1. The molecule has 188 valence electrons. The fourth-order valence-corrected chi connectivity index (χ4v) is 4.78. The van der Waals surface area contributed by atoms with E-state index in [1.807, 2.05) is 29.1 Å². The van der Waals surface area contributed by atoms with Gasteiger partial charge in [-0.25, -0.2) is 18.1 Å². The smallest absolute Gasteiger partial charge is 0.240 e. The van der Waals surface area contributed by atoms with Gasteiger partial charge < -0.3 is 10.4 Å². The van der Waals surface area contributed by atoms with Crippen molar-refractivity contribution in [3.63, 3.8) is 0 Å². The van der Waals surface area contributed by atoms with Gasteiger partial charge in [0.25, 0.3) is 0 Å². The van der Waals surface area contributed by atoms with E-state index in [1.165, 1.54) is 0 Å². The number of aromatic nitrogens is 3. The fourth-order valence-electron chi connectivity index (χ4n) is 3.68. The molecule has 0 spiro atoms. The van der Waals surface area contributed by atoms with Crippen molar-refractivity contribution in [1.82, 2.24) is 19.5 Å². The molecule has 0 atom stereocenters. The Morgan fingerprint density at radius 1 is 0.944 bits per heavy atom. The van der Waals surface area contributed by atoms with Gasteiger partial charge in [0.15, 0.2) is 0 Å². The van der Waals surface area contributed by atoms with Crippen LogP contribution in [0.3, 0.4) is 0 Å². The summed E-state index contributed by atoms with van der Waals surface area (Å²) in [6.45, 7) is 7.11. The van der Waals surface area contributed by atoms with Crippen molar-refractivity contribution >= 4 is 15.8 Å².